The van der Waals surface area contributed by atoms with Crippen molar-refractivity contribution in [3.8, 4) is 10.4 Å². The van der Waals surface area contributed by atoms with E-state index in [-0.39, 0.29) is 5.97 Å². The van der Waals surface area contributed by atoms with Crippen LogP contribution in [-0.2, 0) is 16.1 Å². The van der Waals surface area contributed by atoms with Crippen LogP contribution in [0.5, 0.6) is 0 Å². The number of benzene rings is 1. The Labute approximate surface area is 123 Å². The minimum Gasteiger partial charge on any atom is -0.468 e. The molecule has 20 heavy (non-hydrogen) atoms. The largest absolute Gasteiger partial charge is 0.468 e. The van der Waals surface area contributed by atoms with Crippen LogP contribution in [0, 0.1) is 0 Å². The molecule has 0 fully saturated rings. The molecule has 4 heteroatoms. The Balaban J connectivity index is 2.02. The smallest absolute Gasteiger partial charge is 0.325 e. The monoisotopic (exact) mass is 289 g/mol. The van der Waals surface area contributed by atoms with Crippen LogP contribution in [0.2, 0.25) is 0 Å². The molecule has 0 radical (unpaired) electrons. The third kappa shape index (κ3) is 3.46. The molecule has 2 aromatic rings. The molecule has 0 aliphatic heterocycles. The first kappa shape index (κ1) is 14.8. The molecule has 1 heterocycles. The Morgan fingerprint density at radius 2 is 1.90 bits per heavy atom. The van der Waals surface area contributed by atoms with Gasteiger partial charge in [-0.15, -0.1) is 11.3 Å². The van der Waals surface area contributed by atoms with Crippen molar-refractivity contribution in [3.05, 3.63) is 47.3 Å². The lowest BCUT2D eigenvalue weighted by Gasteiger charge is -2.22. The second-order valence-electron chi connectivity index (χ2n) is 5.10. The molecule has 0 aliphatic rings. The van der Waals surface area contributed by atoms with Gasteiger partial charge >= 0.3 is 5.97 Å². The number of ether oxygens (including phenoxy) is 1. The summed E-state index contributed by atoms with van der Waals surface area (Å²) in [6, 6.07) is 14.5. The Hall–Kier alpha value is -1.65. The number of carbonyl (C=O) groups is 1. The van der Waals surface area contributed by atoms with E-state index in [0.717, 1.165) is 0 Å². The number of carbonyl (C=O) groups excluding carboxylic acids is 1. The maximum Gasteiger partial charge on any atom is 0.325 e. The number of rotatable bonds is 5. The summed E-state index contributed by atoms with van der Waals surface area (Å²) in [4.78, 5) is 14.0. The van der Waals surface area contributed by atoms with Gasteiger partial charge in [0.15, 0.2) is 0 Å². The molecule has 1 aromatic heterocycles. The zero-order valence-corrected chi connectivity index (χ0v) is 12.8. The molecule has 0 amide bonds. The van der Waals surface area contributed by atoms with E-state index in [2.05, 4.69) is 29.6 Å². The first-order valence-electron chi connectivity index (χ1n) is 6.50. The molecule has 0 saturated heterocycles. The highest BCUT2D eigenvalue weighted by Crippen LogP contribution is 2.28. The predicted molar refractivity (Wildman–Crippen MR) is 82.7 cm³/mol. The van der Waals surface area contributed by atoms with Crippen LogP contribution in [0.1, 0.15) is 18.7 Å². The van der Waals surface area contributed by atoms with E-state index < -0.39 is 5.54 Å². The van der Waals surface area contributed by atoms with E-state index in [1.54, 1.807) is 11.3 Å². The number of methoxy groups -OCH3 is 1. The maximum absolute atomic E-state index is 11.6. The van der Waals surface area contributed by atoms with E-state index in [9.17, 15) is 4.79 Å². The van der Waals surface area contributed by atoms with Crippen LogP contribution in [0.4, 0.5) is 0 Å². The van der Waals surface area contributed by atoms with Crippen molar-refractivity contribution in [2.24, 2.45) is 0 Å². The van der Waals surface area contributed by atoms with Crippen molar-refractivity contribution in [2.45, 2.75) is 25.9 Å². The van der Waals surface area contributed by atoms with Gasteiger partial charge in [0.25, 0.3) is 0 Å². The van der Waals surface area contributed by atoms with Crippen molar-refractivity contribution < 1.29 is 9.53 Å². The van der Waals surface area contributed by atoms with E-state index >= 15 is 0 Å². The lowest BCUT2D eigenvalue weighted by atomic mass is 10.1. The zero-order valence-electron chi connectivity index (χ0n) is 12.0. The van der Waals surface area contributed by atoms with Crippen molar-refractivity contribution in [2.75, 3.05) is 7.11 Å². The van der Waals surface area contributed by atoms with Crippen molar-refractivity contribution in [1.82, 2.24) is 5.32 Å². The second-order valence-corrected chi connectivity index (χ2v) is 6.27. The molecule has 0 unspecified atom stereocenters. The van der Waals surface area contributed by atoms with Crippen LogP contribution in [0.3, 0.4) is 0 Å². The third-order valence-corrected chi connectivity index (χ3v) is 4.25. The third-order valence-electron chi connectivity index (χ3n) is 3.12. The van der Waals surface area contributed by atoms with Gasteiger partial charge < -0.3 is 4.74 Å². The van der Waals surface area contributed by atoms with Crippen LogP contribution >= 0.6 is 11.3 Å². The highest BCUT2D eigenvalue weighted by atomic mass is 32.1. The van der Waals surface area contributed by atoms with Crippen molar-refractivity contribution in [1.29, 1.82) is 0 Å². The summed E-state index contributed by atoms with van der Waals surface area (Å²) in [6.45, 7) is 4.30. The summed E-state index contributed by atoms with van der Waals surface area (Å²) in [7, 11) is 1.41. The molecule has 1 N–H and O–H groups in total. The lowest BCUT2D eigenvalue weighted by molar-refractivity contribution is -0.147. The number of nitrogens with one attached hydrogen (secondary N) is 1. The van der Waals surface area contributed by atoms with Gasteiger partial charge in [-0.05, 0) is 31.5 Å². The van der Waals surface area contributed by atoms with Crippen LogP contribution in [0.25, 0.3) is 10.4 Å². The van der Waals surface area contributed by atoms with E-state index in [0.29, 0.717) is 6.54 Å². The molecule has 0 atom stereocenters. The predicted octanol–water partition coefficient (Wildman–Crippen LogP) is 3.46. The highest BCUT2D eigenvalue weighted by Gasteiger charge is 2.27. The minimum absolute atomic E-state index is 0.252. The number of esters is 1. The van der Waals surface area contributed by atoms with Gasteiger partial charge in [-0.3, -0.25) is 10.1 Å². The molecule has 3 nitrogen and oxygen atoms in total. The fraction of sp³-hybridized carbons (Fsp3) is 0.312. The molecule has 0 saturated carbocycles. The molecule has 106 valence electrons. The summed E-state index contributed by atoms with van der Waals surface area (Å²) in [5.41, 5.74) is 0.544. The molecule has 0 bridgehead atoms. The first-order chi connectivity index (χ1) is 9.53. The van der Waals surface area contributed by atoms with Gasteiger partial charge in [-0.1, -0.05) is 30.3 Å². The molecule has 0 spiro atoms. The van der Waals surface area contributed by atoms with Gasteiger partial charge in [-0.2, -0.15) is 0 Å². The molecular formula is C16H19NO2S. The highest BCUT2D eigenvalue weighted by molar-refractivity contribution is 7.15. The maximum atomic E-state index is 11.6. The van der Waals surface area contributed by atoms with Crippen LogP contribution in [-0.4, -0.2) is 18.6 Å². The van der Waals surface area contributed by atoms with Crippen molar-refractivity contribution in [3.63, 3.8) is 0 Å². The van der Waals surface area contributed by atoms with E-state index in [1.165, 1.54) is 22.4 Å². The van der Waals surface area contributed by atoms with Crippen LogP contribution < -0.4 is 5.32 Å². The standard InChI is InChI=1S/C16H19NO2S/c1-16(2,15(18)19-3)17-11-13-9-10-14(20-13)12-7-5-4-6-8-12/h4-10,17H,11H2,1-3H3. The summed E-state index contributed by atoms with van der Waals surface area (Å²) in [5.74, 6) is -0.252. The topological polar surface area (TPSA) is 38.3 Å². The van der Waals surface area contributed by atoms with E-state index in [4.69, 9.17) is 4.74 Å². The quantitative estimate of drug-likeness (QED) is 0.857. The summed E-state index contributed by atoms with van der Waals surface area (Å²) in [6.07, 6.45) is 0. The Kier molecular flexibility index (Phi) is 4.57. The van der Waals surface area contributed by atoms with Gasteiger partial charge in [0, 0.05) is 16.3 Å². The average Bonchev–Trinajstić information content (AvgIpc) is 2.94. The summed E-state index contributed by atoms with van der Waals surface area (Å²) in [5, 5.41) is 3.23. The first-order valence-corrected chi connectivity index (χ1v) is 7.32. The number of hydrogen-bond donors (Lipinski definition) is 1. The summed E-state index contributed by atoms with van der Waals surface area (Å²) < 4.78 is 4.78. The van der Waals surface area contributed by atoms with E-state index in [1.807, 2.05) is 32.0 Å². The molecule has 1 aromatic carbocycles. The molecule has 0 aliphatic carbocycles. The van der Waals surface area contributed by atoms with Gasteiger partial charge in [0.05, 0.1) is 7.11 Å². The fourth-order valence-electron chi connectivity index (χ4n) is 1.87. The fourth-order valence-corrected chi connectivity index (χ4v) is 2.82. The zero-order chi connectivity index (χ0) is 14.6. The minimum atomic E-state index is -0.675. The molecular weight excluding hydrogens is 270 g/mol. The van der Waals surface area contributed by atoms with Gasteiger partial charge in [0.2, 0.25) is 0 Å². The number of thiophene rings is 1. The van der Waals surface area contributed by atoms with Gasteiger partial charge in [-0.25, -0.2) is 0 Å². The van der Waals surface area contributed by atoms with Crippen molar-refractivity contribution >= 4 is 17.3 Å². The summed E-state index contributed by atoms with van der Waals surface area (Å²) >= 11 is 1.73. The number of hydrogen-bond acceptors (Lipinski definition) is 4. The average molecular weight is 289 g/mol. The Bertz CT molecular complexity index is 575. The van der Waals surface area contributed by atoms with Gasteiger partial charge in [0.1, 0.15) is 5.54 Å². The SMILES string of the molecule is COC(=O)C(C)(C)NCc1ccc(-c2ccccc2)s1. The lowest BCUT2D eigenvalue weighted by Crippen LogP contribution is -2.46. The van der Waals surface area contributed by atoms with Crippen LogP contribution in [0.15, 0.2) is 42.5 Å². The normalized spacial score (nSPS) is 11.3. The Morgan fingerprint density at radius 3 is 2.55 bits per heavy atom. The second kappa shape index (κ2) is 6.20. The Morgan fingerprint density at radius 1 is 1.20 bits per heavy atom. The molecule has 2 rings (SSSR count).